The number of nitrogens with zero attached hydrogens (tertiary/aromatic N) is 5. The highest BCUT2D eigenvalue weighted by Gasteiger charge is 2.26. The minimum atomic E-state index is -4.42. The first kappa shape index (κ1) is 17.5. The predicted molar refractivity (Wildman–Crippen MR) is 80.5 cm³/mol. The number of guanidine groups is 1. The highest BCUT2D eigenvalue weighted by atomic mass is 19.4. The number of halogens is 3. The van der Waals surface area contributed by atoms with Crippen LogP contribution in [0.3, 0.4) is 0 Å². The summed E-state index contributed by atoms with van der Waals surface area (Å²) in [6.45, 7) is -0.261. The molecule has 24 heavy (non-hydrogen) atoms. The van der Waals surface area contributed by atoms with Crippen LogP contribution in [0.4, 0.5) is 19.0 Å². The Labute approximate surface area is 135 Å². The second kappa shape index (κ2) is 8.13. The number of ether oxygens (including phenoxy) is 1. The molecule has 0 aliphatic rings. The summed E-state index contributed by atoms with van der Waals surface area (Å²) in [6.07, 6.45) is 2.92. The molecule has 3 N–H and O–H groups in total. The van der Waals surface area contributed by atoms with E-state index in [2.05, 4.69) is 25.3 Å². The van der Waals surface area contributed by atoms with Crippen LogP contribution in [-0.2, 0) is 6.54 Å². The molecule has 0 spiro atoms. The van der Waals surface area contributed by atoms with Crippen molar-refractivity contribution in [3.8, 4) is 6.01 Å². The van der Waals surface area contributed by atoms with Crippen molar-refractivity contribution in [1.82, 2.24) is 19.5 Å². The maximum absolute atomic E-state index is 12.1. The molecule has 0 radical (unpaired) electrons. The Balaban J connectivity index is 1.80. The fourth-order valence-electron chi connectivity index (χ4n) is 1.66. The minimum Gasteiger partial charge on any atom is -0.463 e. The predicted octanol–water partition coefficient (Wildman–Crippen LogP) is 1.43. The van der Waals surface area contributed by atoms with Crippen LogP contribution in [0.5, 0.6) is 6.01 Å². The third-order valence-electron chi connectivity index (χ3n) is 2.67. The Hall–Kier alpha value is -2.85. The number of aryl methyl sites for hydroxylation is 1. The Morgan fingerprint density at radius 2 is 2.21 bits per heavy atom. The summed E-state index contributed by atoms with van der Waals surface area (Å²) in [4.78, 5) is 15.0. The Morgan fingerprint density at radius 1 is 1.38 bits per heavy atom. The van der Waals surface area contributed by atoms with Crippen LogP contribution >= 0.6 is 0 Å². The number of nitrogens with two attached hydrogens (primary N) is 1. The van der Waals surface area contributed by atoms with Gasteiger partial charge in [-0.3, -0.25) is 0 Å². The van der Waals surface area contributed by atoms with E-state index in [1.165, 1.54) is 12.3 Å². The van der Waals surface area contributed by atoms with Crippen LogP contribution in [0.25, 0.3) is 0 Å². The SMILES string of the molecule is NC(=NCC(F)(F)F)Nc1ccnc(OCCCn2ccnc2)n1. The first-order valence-corrected chi connectivity index (χ1v) is 6.98. The van der Waals surface area contributed by atoms with Gasteiger partial charge in [-0.2, -0.15) is 18.2 Å². The van der Waals surface area contributed by atoms with Gasteiger partial charge in [0.1, 0.15) is 12.4 Å². The maximum Gasteiger partial charge on any atom is 0.408 e. The normalized spacial score (nSPS) is 12.2. The van der Waals surface area contributed by atoms with Crippen molar-refractivity contribution < 1.29 is 17.9 Å². The fourth-order valence-corrected chi connectivity index (χ4v) is 1.66. The van der Waals surface area contributed by atoms with E-state index in [0.29, 0.717) is 13.0 Å². The number of rotatable bonds is 7. The van der Waals surface area contributed by atoms with Crippen molar-refractivity contribution in [1.29, 1.82) is 0 Å². The molecule has 2 heterocycles. The molecule has 0 amide bonds. The number of imidazole rings is 1. The quantitative estimate of drug-likeness (QED) is 0.448. The topological polar surface area (TPSA) is 103 Å². The number of anilines is 1. The molecule has 11 heteroatoms. The Morgan fingerprint density at radius 3 is 2.92 bits per heavy atom. The first-order valence-electron chi connectivity index (χ1n) is 6.98. The number of alkyl halides is 3. The zero-order valence-corrected chi connectivity index (χ0v) is 12.6. The molecule has 2 aromatic heterocycles. The third-order valence-corrected chi connectivity index (χ3v) is 2.67. The van der Waals surface area contributed by atoms with Gasteiger partial charge in [0.25, 0.3) is 0 Å². The molecule has 0 aromatic carbocycles. The zero-order valence-electron chi connectivity index (χ0n) is 12.6. The van der Waals surface area contributed by atoms with Crippen molar-refractivity contribution in [2.45, 2.75) is 19.1 Å². The van der Waals surface area contributed by atoms with Gasteiger partial charge in [0, 0.05) is 25.1 Å². The van der Waals surface area contributed by atoms with Crippen LogP contribution in [0.15, 0.2) is 36.0 Å². The van der Waals surface area contributed by atoms with Crippen molar-refractivity contribution in [2.24, 2.45) is 10.7 Å². The maximum atomic E-state index is 12.1. The standard InChI is InChI=1S/C13H16F3N7O/c14-13(15,16)8-20-11(17)21-10-2-3-19-12(22-10)24-7-1-5-23-6-4-18-9-23/h2-4,6,9H,1,5,7-8H2,(H3,17,19,20,21,22). The lowest BCUT2D eigenvalue weighted by Gasteiger charge is -2.08. The lowest BCUT2D eigenvalue weighted by molar-refractivity contribution is -0.118. The van der Waals surface area contributed by atoms with E-state index in [1.807, 2.05) is 10.8 Å². The average molecular weight is 343 g/mol. The summed E-state index contributed by atoms with van der Waals surface area (Å²) in [5.41, 5.74) is 5.37. The number of aromatic nitrogens is 4. The molecule has 0 aliphatic carbocycles. The molecule has 0 bridgehead atoms. The van der Waals surface area contributed by atoms with Gasteiger partial charge in [-0.25, -0.2) is 15.0 Å². The van der Waals surface area contributed by atoms with Gasteiger partial charge in [-0.05, 0) is 12.5 Å². The number of aliphatic imine (C=N–C) groups is 1. The van der Waals surface area contributed by atoms with Gasteiger partial charge >= 0.3 is 12.2 Å². The second-order valence-corrected chi connectivity index (χ2v) is 4.67. The van der Waals surface area contributed by atoms with E-state index in [1.54, 1.807) is 12.5 Å². The molecule has 8 nitrogen and oxygen atoms in total. The van der Waals surface area contributed by atoms with Crippen LogP contribution in [0, 0.1) is 0 Å². The van der Waals surface area contributed by atoms with Crippen LogP contribution in [-0.4, -0.2) is 44.8 Å². The van der Waals surface area contributed by atoms with Crippen LogP contribution < -0.4 is 15.8 Å². The Kier molecular flexibility index (Phi) is 5.93. The van der Waals surface area contributed by atoms with Crippen molar-refractivity contribution >= 4 is 11.8 Å². The number of hydrogen-bond donors (Lipinski definition) is 2. The van der Waals surface area contributed by atoms with Gasteiger partial charge in [-0.15, -0.1) is 0 Å². The monoisotopic (exact) mass is 343 g/mol. The summed E-state index contributed by atoms with van der Waals surface area (Å²) >= 11 is 0. The molecular formula is C13H16F3N7O. The highest BCUT2D eigenvalue weighted by molar-refractivity contribution is 5.91. The van der Waals surface area contributed by atoms with Crippen molar-refractivity contribution in [3.63, 3.8) is 0 Å². The first-order chi connectivity index (χ1) is 11.4. The van der Waals surface area contributed by atoms with E-state index in [-0.39, 0.29) is 11.8 Å². The molecular weight excluding hydrogens is 327 g/mol. The lowest BCUT2D eigenvalue weighted by Crippen LogP contribution is -2.26. The summed E-state index contributed by atoms with van der Waals surface area (Å²) in [6, 6.07) is 1.53. The molecule has 0 atom stereocenters. The van der Waals surface area contributed by atoms with Crippen molar-refractivity contribution in [3.05, 3.63) is 31.0 Å². The van der Waals surface area contributed by atoms with Gasteiger partial charge in [-0.1, -0.05) is 0 Å². The van der Waals surface area contributed by atoms with E-state index >= 15 is 0 Å². The van der Waals surface area contributed by atoms with Crippen LogP contribution in [0.1, 0.15) is 6.42 Å². The molecule has 2 aromatic rings. The van der Waals surface area contributed by atoms with E-state index < -0.39 is 18.7 Å². The van der Waals surface area contributed by atoms with Gasteiger partial charge in [0.05, 0.1) is 12.9 Å². The molecule has 0 unspecified atom stereocenters. The van der Waals surface area contributed by atoms with Gasteiger partial charge in [0.15, 0.2) is 5.96 Å². The van der Waals surface area contributed by atoms with E-state index in [9.17, 15) is 13.2 Å². The Bertz CT molecular complexity index is 658. The highest BCUT2D eigenvalue weighted by Crippen LogP contribution is 2.14. The third kappa shape index (κ3) is 6.50. The zero-order chi connectivity index (χ0) is 17.4. The molecule has 130 valence electrons. The smallest absolute Gasteiger partial charge is 0.408 e. The van der Waals surface area contributed by atoms with Gasteiger partial charge in [0.2, 0.25) is 0 Å². The molecule has 0 saturated heterocycles. The average Bonchev–Trinajstić information content (AvgIpc) is 3.03. The summed E-state index contributed by atoms with van der Waals surface area (Å²) in [5.74, 6) is -0.199. The fraction of sp³-hybridized carbons (Fsp3) is 0.385. The second-order valence-electron chi connectivity index (χ2n) is 4.67. The lowest BCUT2D eigenvalue weighted by atomic mass is 10.4. The molecule has 0 fully saturated rings. The van der Waals surface area contributed by atoms with Gasteiger partial charge < -0.3 is 20.4 Å². The molecule has 2 rings (SSSR count). The largest absolute Gasteiger partial charge is 0.463 e. The number of hydrogen-bond acceptors (Lipinski definition) is 5. The van der Waals surface area contributed by atoms with E-state index in [0.717, 1.165) is 6.54 Å². The molecule has 0 aliphatic heterocycles. The van der Waals surface area contributed by atoms with E-state index in [4.69, 9.17) is 10.5 Å². The summed E-state index contributed by atoms with van der Waals surface area (Å²) in [7, 11) is 0. The summed E-state index contributed by atoms with van der Waals surface area (Å²) < 4.78 is 43.4. The van der Waals surface area contributed by atoms with Crippen LogP contribution in [0.2, 0.25) is 0 Å². The van der Waals surface area contributed by atoms with Crippen molar-refractivity contribution in [2.75, 3.05) is 18.5 Å². The summed E-state index contributed by atoms with van der Waals surface area (Å²) in [5, 5.41) is 2.45. The number of nitrogens with one attached hydrogen (secondary N) is 1. The minimum absolute atomic E-state index is 0.0919. The molecule has 0 saturated carbocycles.